The second-order valence-corrected chi connectivity index (χ2v) is 5.94. The number of rotatable bonds is 6. The van der Waals surface area contributed by atoms with Crippen molar-refractivity contribution in [3.63, 3.8) is 0 Å². The van der Waals surface area contributed by atoms with Crippen molar-refractivity contribution in [1.82, 2.24) is 10.2 Å². The second kappa shape index (κ2) is 10.6. The Kier molecular flexibility index (Phi) is 8.78. The van der Waals surface area contributed by atoms with Crippen LogP contribution in [0, 0.1) is 12.8 Å². The first-order chi connectivity index (χ1) is 11.6. The number of nitrogens with zero attached hydrogens (tertiary/aromatic N) is 1. The zero-order valence-corrected chi connectivity index (χ0v) is 15.0. The number of hydrogen-bond acceptors (Lipinski definition) is 3. The van der Waals surface area contributed by atoms with E-state index >= 15 is 0 Å². The Hall–Kier alpha value is -2.15. The molecule has 0 aliphatic carbocycles. The van der Waals surface area contributed by atoms with E-state index < -0.39 is 0 Å². The van der Waals surface area contributed by atoms with Crippen molar-refractivity contribution in [2.45, 2.75) is 20.3 Å². The molecule has 3 nitrogen and oxygen atoms in total. The van der Waals surface area contributed by atoms with E-state index in [4.69, 9.17) is 0 Å². The van der Waals surface area contributed by atoms with Crippen molar-refractivity contribution in [3.8, 4) is 12.8 Å². The van der Waals surface area contributed by atoms with Gasteiger partial charge in [0.25, 0.3) is 0 Å². The first-order valence-corrected chi connectivity index (χ1v) is 8.27. The summed E-state index contributed by atoms with van der Waals surface area (Å²) in [6, 6.07) is 10.6. The van der Waals surface area contributed by atoms with Crippen LogP contribution in [0.5, 0.6) is 0 Å². The Bertz CT molecular complexity index is 611. The normalized spacial score (nSPS) is 15.6. The van der Waals surface area contributed by atoms with E-state index in [1.54, 1.807) is 6.92 Å². The third-order valence-electron chi connectivity index (χ3n) is 4.04. The fraction of sp³-hybridized carbons (Fsp3) is 0.381. The molecule has 0 spiro atoms. The van der Waals surface area contributed by atoms with E-state index in [1.165, 1.54) is 22.3 Å². The molecule has 0 atom stereocenters. The van der Waals surface area contributed by atoms with Crippen LogP contribution in [0.1, 0.15) is 25.8 Å². The zero-order chi connectivity index (χ0) is 17.9. The van der Waals surface area contributed by atoms with Crippen molar-refractivity contribution in [1.29, 1.82) is 0 Å². The van der Waals surface area contributed by atoms with Gasteiger partial charge < -0.3 is 10.2 Å². The number of ketones is 1. The first-order valence-electron chi connectivity index (χ1n) is 8.27. The predicted molar refractivity (Wildman–Crippen MR) is 103 cm³/mol. The molecule has 128 valence electrons. The molecule has 0 aromatic heterocycles. The van der Waals surface area contributed by atoms with Crippen LogP contribution in [0.2, 0.25) is 0 Å². The van der Waals surface area contributed by atoms with E-state index in [0.717, 1.165) is 26.1 Å². The maximum atomic E-state index is 11.1. The summed E-state index contributed by atoms with van der Waals surface area (Å²) in [5.41, 5.74) is 5.43. The Morgan fingerprint density at radius 2 is 1.96 bits per heavy atom. The summed E-state index contributed by atoms with van der Waals surface area (Å²) in [4.78, 5) is 13.5. The van der Waals surface area contributed by atoms with E-state index in [9.17, 15) is 4.79 Å². The third-order valence-corrected chi connectivity index (χ3v) is 4.04. The molecule has 1 N–H and O–H groups in total. The minimum atomic E-state index is 0.181. The molecule has 1 aliphatic heterocycles. The zero-order valence-electron chi connectivity index (χ0n) is 15.0. The minimum absolute atomic E-state index is 0.181. The largest absolute Gasteiger partial charge is 0.306 e. The van der Waals surface area contributed by atoms with E-state index in [2.05, 4.69) is 73.4 Å². The maximum Gasteiger partial charge on any atom is 0.143 e. The molecule has 0 saturated carbocycles. The molecule has 0 fully saturated rings. The molecule has 2 rings (SSSR count). The number of hydrogen-bond donors (Lipinski definition) is 1. The molecule has 24 heavy (non-hydrogen) atoms. The highest BCUT2D eigenvalue weighted by molar-refractivity contribution is 5.80. The van der Waals surface area contributed by atoms with Gasteiger partial charge in [-0.25, -0.2) is 0 Å². The van der Waals surface area contributed by atoms with Gasteiger partial charge in [0.2, 0.25) is 0 Å². The van der Waals surface area contributed by atoms with Gasteiger partial charge in [0.1, 0.15) is 5.78 Å². The molecule has 1 aliphatic rings. The highest BCUT2D eigenvalue weighted by atomic mass is 16.1. The predicted octanol–water partition coefficient (Wildman–Crippen LogP) is 3.15. The fourth-order valence-corrected chi connectivity index (χ4v) is 2.99. The van der Waals surface area contributed by atoms with Gasteiger partial charge in [-0.3, -0.25) is 4.79 Å². The van der Waals surface area contributed by atoms with E-state index in [-0.39, 0.29) is 5.78 Å². The maximum absolute atomic E-state index is 11.1. The molecule has 1 aromatic rings. The van der Waals surface area contributed by atoms with Crippen LogP contribution in [-0.4, -0.2) is 43.9 Å². The first kappa shape index (κ1) is 19.9. The van der Waals surface area contributed by atoms with Gasteiger partial charge in [0.15, 0.2) is 0 Å². The lowest BCUT2D eigenvalue weighted by Gasteiger charge is -2.29. The number of allylic oxidation sites excluding steroid dienone is 2. The van der Waals surface area contributed by atoms with Gasteiger partial charge >= 0.3 is 0 Å². The molecular weight excluding hydrogens is 296 g/mol. The second-order valence-electron chi connectivity index (χ2n) is 5.94. The highest BCUT2D eigenvalue weighted by Gasteiger charge is 2.19. The number of terminal acetylenes is 1. The lowest BCUT2D eigenvalue weighted by atomic mass is 9.89. The Morgan fingerprint density at radius 3 is 2.54 bits per heavy atom. The summed E-state index contributed by atoms with van der Waals surface area (Å²) in [5.74, 6) is 0.181. The van der Waals surface area contributed by atoms with Crippen LogP contribution in [-0.2, 0) is 4.79 Å². The van der Waals surface area contributed by atoms with E-state index in [0.29, 0.717) is 6.54 Å². The summed E-state index contributed by atoms with van der Waals surface area (Å²) in [7, 11) is 2.15. The van der Waals surface area contributed by atoms with Crippen LogP contribution in [0.4, 0.5) is 0 Å². The summed E-state index contributed by atoms with van der Waals surface area (Å²) >= 11 is 0. The highest BCUT2D eigenvalue weighted by Crippen LogP contribution is 2.30. The SMILES string of the molecule is C#C.C/C=C(\C1=C(CNCC(C)=O)CN(C)CC1)c1ccccc1. The molecular formula is C21H28N2O. The monoisotopic (exact) mass is 324 g/mol. The van der Waals surface area contributed by atoms with Gasteiger partial charge in [-0.15, -0.1) is 12.8 Å². The van der Waals surface area contributed by atoms with Crippen molar-refractivity contribution >= 4 is 11.4 Å². The standard InChI is InChI=1S/C19H26N2O.C2H2/c1-4-18(16-8-6-5-7-9-16)19-10-11-21(3)14-17(19)13-20-12-15(2)22;1-2/h4-9,20H,10-14H2,1-3H3;1-2H/b18-4-;. The Labute approximate surface area is 146 Å². The number of Topliss-reactive ketones (excluding diaryl/α,β-unsaturated/α-hetero) is 1. The van der Waals surface area contributed by atoms with Crippen LogP contribution < -0.4 is 5.32 Å². The summed E-state index contributed by atoms with van der Waals surface area (Å²) in [6.07, 6.45) is 11.3. The molecule has 0 radical (unpaired) electrons. The Morgan fingerprint density at radius 1 is 1.29 bits per heavy atom. The summed E-state index contributed by atoms with van der Waals surface area (Å²) < 4.78 is 0. The fourth-order valence-electron chi connectivity index (χ4n) is 2.99. The number of carbonyl (C=O) groups excluding carboxylic acids is 1. The smallest absolute Gasteiger partial charge is 0.143 e. The van der Waals surface area contributed by atoms with Crippen LogP contribution >= 0.6 is 0 Å². The average molecular weight is 324 g/mol. The molecule has 1 heterocycles. The van der Waals surface area contributed by atoms with Gasteiger partial charge in [-0.2, -0.15) is 0 Å². The van der Waals surface area contributed by atoms with Crippen LogP contribution in [0.15, 0.2) is 47.6 Å². The van der Waals surface area contributed by atoms with Gasteiger partial charge in [0, 0.05) is 19.6 Å². The molecule has 0 saturated heterocycles. The van der Waals surface area contributed by atoms with Crippen molar-refractivity contribution in [2.75, 3.05) is 33.2 Å². The number of likely N-dealkylation sites (N-methyl/N-ethyl adjacent to an activating group) is 1. The van der Waals surface area contributed by atoms with Crippen molar-refractivity contribution in [3.05, 3.63) is 53.1 Å². The number of carbonyl (C=O) groups is 1. The van der Waals surface area contributed by atoms with Gasteiger partial charge in [0.05, 0.1) is 6.54 Å². The molecule has 0 unspecified atom stereocenters. The van der Waals surface area contributed by atoms with Gasteiger partial charge in [-0.1, -0.05) is 36.4 Å². The lowest BCUT2D eigenvalue weighted by molar-refractivity contribution is -0.116. The van der Waals surface area contributed by atoms with Crippen molar-refractivity contribution < 1.29 is 4.79 Å². The van der Waals surface area contributed by atoms with E-state index in [1.807, 2.05) is 0 Å². The molecule has 0 amide bonds. The van der Waals surface area contributed by atoms with Gasteiger partial charge in [-0.05, 0) is 49.6 Å². The number of benzene rings is 1. The van der Waals surface area contributed by atoms with Crippen LogP contribution in [0.3, 0.4) is 0 Å². The van der Waals surface area contributed by atoms with Crippen LogP contribution in [0.25, 0.3) is 5.57 Å². The lowest BCUT2D eigenvalue weighted by Crippen LogP contribution is -2.34. The summed E-state index contributed by atoms with van der Waals surface area (Å²) in [5, 5.41) is 3.27. The third kappa shape index (κ3) is 5.81. The molecule has 3 heteroatoms. The average Bonchev–Trinajstić information content (AvgIpc) is 2.60. The molecule has 1 aromatic carbocycles. The number of nitrogens with one attached hydrogen (secondary N) is 1. The minimum Gasteiger partial charge on any atom is -0.306 e. The quantitative estimate of drug-likeness (QED) is 0.816. The topological polar surface area (TPSA) is 32.3 Å². The molecule has 0 bridgehead atoms. The summed E-state index contributed by atoms with van der Waals surface area (Å²) in [6.45, 7) is 6.99. The van der Waals surface area contributed by atoms with Crippen molar-refractivity contribution in [2.24, 2.45) is 0 Å². The Balaban J connectivity index is 0.00000139.